The second kappa shape index (κ2) is 7.48. The lowest BCUT2D eigenvalue weighted by Gasteiger charge is -2.05. The van der Waals surface area contributed by atoms with E-state index in [4.69, 9.17) is 10.7 Å². The molecule has 0 radical (unpaired) electrons. The van der Waals surface area contributed by atoms with Crippen molar-refractivity contribution in [1.82, 2.24) is 0 Å². The number of fused-ring (bicyclic) bond motifs is 2. The van der Waals surface area contributed by atoms with Gasteiger partial charge >= 0.3 is 0 Å². The summed E-state index contributed by atoms with van der Waals surface area (Å²) in [6, 6.07) is 25.4. The van der Waals surface area contributed by atoms with Crippen LogP contribution in [0.4, 0.5) is 0 Å². The van der Waals surface area contributed by atoms with E-state index in [1.54, 1.807) is 24.3 Å². The lowest BCUT2D eigenvalue weighted by molar-refractivity contribution is 0.610. The van der Waals surface area contributed by atoms with Gasteiger partial charge in [0.25, 0.3) is 9.05 Å². The van der Waals surface area contributed by atoms with Gasteiger partial charge in [0.05, 0.1) is 4.90 Å². The van der Waals surface area contributed by atoms with Gasteiger partial charge in [0.15, 0.2) is 0 Å². The molecule has 4 rings (SSSR count). The van der Waals surface area contributed by atoms with E-state index < -0.39 is 9.05 Å². The van der Waals surface area contributed by atoms with Crippen LogP contribution in [-0.2, 0) is 9.05 Å². The van der Waals surface area contributed by atoms with E-state index in [-0.39, 0.29) is 4.90 Å². The first-order chi connectivity index (χ1) is 12.4. The van der Waals surface area contributed by atoms with Crippen molar-refractivity contribution < 1.29 is 8.42 Å². The molecular formula is C22H19ClO2S. The molecule has 4 heteroatoms. The normalized spacial score (nSPS) is 11.2. The summed E-state index contributed by atoms with van der Waals surface area (Å²) in [5.41, 5.74) is 2.39. The van der Waals surface area contributed by atoms with Crippen molar-refractivity contribution in [3.05, 3.63) is 90.0 Å². The van der Waals surface area contributed by atoms with Crippen LogP contribution in [0.3, 0.4) is 0 Å². The van der Waals surface area contributed by atoms with Gasteiger partial charge in [0.2, 0.25) is 0 Å². The molecule has 0 saturated carbocycles. The monoisotopic (exact) mass is 382 g/mol. The first-order valence-corrected chi connectivity index (χ1v) is 10.6. The molecule has 2 nitrogen and oxygen atoms in total. The van der Waals surface area contributed by atoms with Gasteiger partial charge in [0, 0.05) is 16.1 Å². The molecule has 26 heavy (non-hydrogen) atoms. The fraction of sp³-hybridized carbons (Fsp3) is 0.0909. The number of hydrogen-bond donors (Lipinski definition) is 0. The summed E-state index contributed by atoms with van der Waals surface area (Å²) in [7, 11) is 1.69. The fourth-order valence-corrected chi connectivity index (χ4v) is 4.10. The lowest BCUT2D eigenvalue weighted by atomic mass is 10.1. The Bertz CT molecular complexity index is 1180. The molecule has 0 amide bonds. The second-order valence-corrected chi connectivity index (χ2v) is 8.69. The van der Waals surface area contributed by atoms with Gasteiger partial charge in [0.1, 0.15) is 0 Å². The topological polar surface area (TPSA) is 34.1 Å². The smallest absolute Gasteiger partial charge is 0.207 e. The van der Waals surface area contributed by atoms with Gasteiger partial charge < -0.3 is 0 Å². The van der Waals surface area contributed by atoms with Crippen LogP contribution >= 0.6 is 10.7 Å². The molecule has 0 spiro atoms. The van der Waals surface area contributed by atoms with Crippen molar-refractivity contribution in [3.63, 3.8) is 0 Å². The van der Waals surface area contributed by atoms with Gasteiger partial charge in [-0.2, -0.15) is 0 Å². The molecule has 0 heterocycles. The largest absolute Gasteiger partial charge is 0.261 e. The van der Waals surface area contributed by atoms with Crippen LogP contribution in [0.5, 0.6) is 0 Å². The molecule has 0 saturated heterocycles. The summed E-state index contributed by atoms with van der Waals surface area (Å²) in [5, 5.41) is 4.27. The van der Waals surface area contributed by atoms with Crippen molar-refractivity contribution in [2.24, 2.45) is 0 Å². The molecule has 0 aromatic heterocycles. The minimum atomic E-state index is -3.67. The van der Waals surface area contributed by atoms with Crippen molar-refractivity contribution in [2.75, 3.05) is 0 Å². The Hall–Kier alpha value is -2.36. The third-order valence-corrected chi connectivity index (χ3v) is 5.75. The molecule has 132 valence electrons. The molecule has 0 fully saturated rings. The average Bonchev–Trinajstić information content (AvgIpc) is 2.62. The van der Waals surface area contributed by atoms with Crippen LogP contribution < -0.4 is 0 Å². The predicted molar refractivity (Wildman–Crippen MR) is 110 cm³/mol. The molecule has 0 aliphatic heterocycles. The van der Waals surface area contributed by atoms with Crippen LogP contribution in [0.15, 0.2) is 83.8 Å². The number of hydrogen-bond acceptors (Lipinski definition) is 2. The molecule has 0 aliphatic rings. The van der Waals surface area contributed by atoms with Gasteiger partial charge in [-0.3, -0.25) is 0 Å². The maximum atomic E-state index is 11.3. The van der Waals surface area contributed by atoms with E-state index >= 15 is 0 Å². The minimum absolute atomic E-state index is 0.172. The summed E-state index contributed by atoms with van der Waals surface area (Å²) in [6.07, 6.45) is 0. The van der Waals surface area contributed by atoms with E-state index in [1.807, 2.05) is 19.1 Å². The van der Waals surface area contributed by atoms with Crippen molar-refractivity contribution in [3.8, 4) is 0 Å². The molecule has 0 atom stereocenters. The Kier molecular flexibility index (Phi) is 5.30. The van der Waals surface area contributed by atoms with Gasteiger partial charge in [-0.1, -0.05) is 72.8 Å². The summed E-state index contributed by atoms with van der Waals surface area (Å²) in [6.45, 7) is 4.08. The SMILES string of the molecule is Cc1ccc(S(=O)(=O)Cl)c2ccccc12.Cc1cccc2ccccc12. The van der Waals surface area contributed by atoms with Crippen LogP contribution in [0.25, 0.3) is 21.5 Å². The van der Waals surface area contributed by atoms with Gasteiger partial charge in [-0.15, -0.1) is 0 Å². The summed E-state index contributed by atoms with van der Waals surface area (Å²) in [5.74, 6) is 0. The molecular weight excluding hydrogens is 364 g/mol. The first-order valence-electron chi connectivity index (χ1n) is 8.25. The summed E-state index contributed by atoms with van der Waals surface area (Å²) in [4.78, 5) is 0.172. The number of rotatable bonds is 1. The number of benzene rings is 4. The van der Waals surface area contributed by atoms with Gasteiger partial charge in [-0.05, 0) is 47.2 Å². The van der Waals surface area contributed by atoms with Crippen LogP contribution in [0.2, 0.25) is 0 Å². The van der Waals surface area contributed by atoms with Crippen LogP contribution in [0.1, 0.15) is 11.1 Å². The molecule has 4 aromatic rings. The lowest BCUT2D eigenvalue weighted by Crippen LogP contribution is -1.93. The minimum Gasteiger partial charge on any atom is -0.207 e. The number of halogens is 1. The van der Waals surface area contributed by atoms with Crippen LogP contribution in [-0.4, -0.2) is 8.42 Å². The summed E-state index contributed by atoms with van der Waals surface area (Å²) < 4.78 is 22.6. The zero-order chi connectivity index (χ0) is 18.7. The van der Waals surface area contributed by atoms with E-state index in [1.165, 1.54) is 16.3 Å². The fourth-order valence-electron chi connectivity index (χ4n) is 3.02. The number of aryl methyl sites for hydroxylation is 2. The van der Waals surface area contributed by atoms with E-state index in [0.29, 0.717) is 5.39 Å². The highest BCUT2D eigenvalue weighted by Gasteiger charge is 2.14. The van der Waals surface area contributed by atoms with Crippen LogP contribution in [0, 0.1) is 13.8 Å². The Morgan fingerprint density at radius 3 is 1.81 bits per heavy atom. The van der Waals surface area contributed by atoms with E-state index in [0.717, 1.165) is 10.9 Å². The van der Waals surface area contributed by atoms with Crippen molar-refractivity contribution in [2.45, 2.75) is 18.7 Å². The third kappa shape index (κ3) is 3.90. The highest BCUT2D eigenvalue weighted by molar-refractivity contribution is 8.14. The van der Waals surface area contributed by atoms with Crippen molar-refractivity contribution >= 4 is 41.3 Å². The van der Waals surface area contributed by atoms with E-state index in [9.17, 15) is 8.42 Å². The summed E-state index contributed by atoms with van der Waals surface area (Å²) >= 11 is 0. The zero-order valence-corrected chi connectivity index (χ0v) is 16.2. The molecule has 0 bridgehead atoms. The first kappa shape index (κ1) is 18.4. The Balaban J connectivity index is 0.000000158. The average molecular weight is 383 g/mol. The van der Waals surface area contributed by atoms with E-state index in [2.05, 4.69) is 49.4 Å². The molecule has 4 aromatic carbocycles. The zero-order valence-electron chi connectivity index (χ0n) is 14.6. The molecule has 0 N–H and O–H groups in total. The maximum absolute atomic E-state index is 11.3. The highest BCUT2D eigenvalue weighted by atomic mass is 35.7. The Morgan fingerprint density at radius 2 is 1.15 bits per heavy atom. The molecule has 0 aliphatic carbocycles. The molecule has 0 unspecified atom stereocenters. The standard InChI is InChI=1S/C11H9ClO2S.C11H10/c1-8-6-7-11(15(12,13)14)10-5-3-2-4-9(8)10;1-9-5-4-7-10-6-2-3-8-11(9)10/h2-7H,1H3;2-8H,1H3. The third-order valence-electron chi connectivity index (χ3n) is 4.37. The van der Waals surface area contributed by atoms with Crippen molar-refractivity contribution in [1.29, 1.82) is 0 Å². The van der Waals surface area contributed by atoms with Gasteiger partial charge in [-0.25, -0.2) is 8.42 Å². The highest BCUT2D eigenvalue weighted by Crippen LogP contribution is 2.27. The Morgan fingerprint density at radius 1 is 0.615 bits per heavy atom. The predicted octanol–water partition coefficient (Wildman–Crippen LogP) is 6.22. The maximum Gasteiger partial charge on any atom is 0.261 e. The second-order valence-electron chi connectivity index (χ2n) is 6.16. The Labute approximate surface area is 158 Å². The quantitative estimate of drug-likeness (QED) is 0.366.